The van der Waals surface area contributed by atoms with E-state index in [1.165, 1.54) is 6.92 Å². The van der Waals surface area contributed by atoms with Crippen molar-refractivity contribution in [3.63, 3.8) is 0 Å². The first-order valence-corrected chi connectivity index (χ1v) is 4.90. The molecular weight excluding hydrogens is 235 g/mol. The van der Waals surface area contributed by atoms with Crippen LogP contribution in [0.25, 0.3) is 0 Å². The fourth-order valence-corrected chi connectivity index (χ4v) is 0.632. The maximum absolute atomic E-state index is 9.73. The number of hydrogen-bond acceptors (Lipinski definition) is 3. The Bertz CT molecular complexity index is 258. The van der Waals surface area contributed by atoms with Crippen LogP contribution in [0.1, 0.15) is 20.3 Å². The minimum absolute atomic E-state index is 0. The SMILES string of the molecule is C=C(C)C(=O)O.CC[CH-]S(=O)(=O)O.[K+]. The van der Waals surface area contributed by atoms with Crippen LogP contribution >= 0.6 is 0 Å². The van der Waals surface area contributed by atoms with Gasteiger partial charge in [0.15, 0.2) is 0 Å². The Morgan fingerprint density at radius 3 is 1.79 bits per heavy atom. The molecule has 2 N–H and O–H groups in total. The minimum Gasteiger partial charge on any atom is -0.478 e. The van der Waals surface area contributed by atoms with Crippen LogP contribution in [0.3, 0.4) is 0 Å². The van der Waals surface area contributed by atoms with Crippen molar-refractivity contribution in [2.45, 2.75) is 20.3 Å². The Hall–Kier alpha value is 0.756. The van der Waals surface area contributed by atoms with Gasteiger partial charge in [0.25, 0.3) is 0 Å². The quantitative estimate of drug-likeness (QED) is 0.263. The van der Waals surface area contributed by atoms with E-state index in [0.717, 1.165) is 5.75 Å². The zero-order valence-electron chi connectivity index (χ0n) is 8.52. The molecule has 78 valence electrons. The van der Waals surface area contributed by atoms with Crippen LogP contribution in [0.5, 0.6) is 0 Å². The molecule has 0 spiro atoms. The predicted molar refractivity (Wildman–Crippen MR) is 48.6 cm³/mol. The van der Waals surface area contributed by atoms with E-state index in [2.05, 4.69) is 6.58 Å². The van der Waals surface area contributed by atoms with Crippen LogP contribution in [0.4, 0.5) is 0 Å². The summed E-state index contributed by atoms with van der Waals surface area (Å²) in [5, 5.41) is 7.89. The molecule has 0 atom stereocenters. The van der Waals surface area contributed by atoms with E-state index in [9.17, 15) is 13.2 Å². The molecule has 0 aliphatic rings. The average Bonchev–Trinajstić information content (AvgIpc) is 1.85. The van der Waals surface area contributed by atoms with Crippen LogP contribution in [0.15, 0.2) is 12.2 Å². The molecule has 0 saturated carbocycles. The molecule has 0 heterocycles. The first-order valence-electron chi connectivity index (χ1n) is 3.40. The van der Waals surface area contributed by atoms with Gasteiger partial charge >= 0.3 is 57.4 Å². The van der Waals surface area contributed by atoms with Gasteiger partial charge in [-0.3, -0.25) is 0 Å². The van der Waals surface area contributed by atoms with Gasteiger partial charge in [0.1, 0.15) is 10.1 Å². The van der Waals surface area contributed by atoms with Gasteiger partial charge in [-0.15, -0.1) is 0 Å². The monoisotopic (exact) mass is 248 g/mol. The molecule has 0 aromatic carbocycles. The fourth-order valence-electron chi connectivity index (χ4n) is 0.211. The number of carboxylic acid groups (broad SMARTS) is 1. The number of carbonyl (C=O) groups is 1. The van der Waals surface area contributed by atoms with Crippen molar-refractivity contribution < 1.29 is 74.3 Å². The second kappa shape index (κ2) is 10.3. The smallest absolute Gasteiger partial charge is 0.478 e. The van der Waals surface area contributed by atoms with Crippen LogP contribution in [-0.4, -0.2) is 24.0 Å². The maximum atomic E-state index is 9.73. The largest absolute Gasteiger partial charge is 1.00 e. The van der Waals surface area contributed by atoms with Crippen molar-refractivity contribution >= 4 is 16.1 Å². The fraction of sp³-hybridized carbons (Fsp3) is 0.429. The van der Waals surface area contributed by atoms with E-state index in [-0.39, 0.29) is 57.0 Å². The Labute approximate surface area is 127 Å². The van der Waals surface area contributed by atoms with Crippen molar-refractivity contribution in [3.05, 3.63) is 17.9 Å². The van der Waals surface area contributed by atoms with Crippen LogP contribution < -0.4 is 51.4 Å². The summed E-state index contributed by atoms with van der Waals surface area (Å²) < 4.78 is 27.4. The van der Waals surface area contributed by atoms with Gasteiger partial charge in [-0.1, -0.05) is 13.5 Å². The topological polar surface area (TPSA) is 91.7 Å². The molecule has 0 saturated heterocycles. The Morgan fingerprint density at radius 2 is 1.79 bits per heavy atom. The Morgan fingerprint density at radius 1 is 1.50 bits per heavy atom. The van der Waals surface area contributed by atoms with Gasteiger partial charge in [-0.05, 0) is 6.92 Å². The average molecular weight is 248 g/mol. The molecule has 0 bridgehead atoms. The molecule has 0 rings (SSSR count). The van der Waals surface area contributed by atoms with Crippen molar-refractivity contribution in [2.75, 3.05) is 0 Å². The van der Waals surface area contributed by atoms with Crippen LogP contribution in [-0.2, 0) is 14.9 Å². The van der Waals surface area contributed by atoms with Crippen molar-refractivity contribution in [3.8, 4) is 0 Å². The first kappa shape index (κ1) is 20.2. The maximum Gasteiger partial charge on any atom is 1.00 e. The Kier molecular flexibility index (Phi) is 14.8. The molecular formula is C7H13KO5S. The molecule has 0 aromatic heterocycles. The van der Waals surface area contributed by atoms with E-state index < -0.39 is 16.1 Å². The number of hydrogen-bond donors (Lipinski definition) is 2. The van der Waals surface area contributed by atoms with Gasteiger partial charge in [0.2, 0.25) is 0 Å². The Balaban J connectivity index is -0.000000163. The molecule has 0 amide bonds. The number of rotatable bonds is 3. The molecule has 0 unspecified atom stereocenters. The molecule has 0 aromatic rings. The molecule has 0 aliphatic carbocycles. The summed E-state index contributed by atoms with van der Waals surface area (Å²) in [6, 6.07) is 0. The zero-order valence-corrected chi connectivity index (χ0v) is 12.5. The summed E-state index contributed by atoms with van der Waals surface area (Å²) in [4.78, 5) is 9.60. The predicted octanol–water partition coefficient (Wildman–Crippen LogP) is -1.90. The van der Waals surface area contributed by atoms with E-state index in [4.69, 9.17) is 9.66 Å². The van der Waals surface area contributed by atoms with Gasteiger partial charge in [-0.2, -0.15) is 12.2 Å². The summed E-state index contributed by atoms with van der Waals surface area (Å²) >= 11 is 0. The van der Waals surface area contributed by atoms with E-state index in [0.29, 0.717) is 6.42 Å². The van der Waals surface area contributed by atoms with Crippen molar-refractivity contribution in [1.29, 1.82) is 0 Å². The zero-order chi connectivity index (χ0) is 11.1. The molecule has 5 nitrogen and oxygen atoms in total. The summed E-state index contributed by atoms with van der Waals surface area (Å²) in [6.45, 7) is 6.23. The molecule has 0 fully saturated rings. The third-order valence-electron chi connectivity index (χ3n) is 0.742. The van der Waals surface area contributed by atoms with Crippen molar-refractivity contribution in [2.24, 2.45) is 0 Å². The first-order chi connectivity index (χ1) is 5.70. The van der Waals surface area contributed by atoms with Gasteiger partial charge in [-0.25, -0.2) is 13.2 Å². The third-order valence-corrected chi connectivity index (χ3v) is 1.50. The second-order valence-electron chi connectivity index (χ2n) is 2.18. The van der Waals surface area contributed by atoms with Gasteiger partial charge < -0.3 is 9.66 Å². The normalized spacial score (nSPS) is 9.07. The minimum atomic E-state index is -3.80. The van der Waals surface area contributed by atoms with E-state index in [1.807, 2.05) is 0 Å². The third kappa shape index (κ3) is 23.0. The summed E-state index contributed by atoms with van der Waals surface area (Å²) in [5.74, 6) is -0.0949. The second-order valence-corrected chi connectivity index (χ2v) is 3.54. The molecule has 7 heteroatoms. The molecule has 0 aliphatic heterocycles. The summed E-state index contributed by atoms with van der Waals surface area (Å²) in [5.41, 5.74) is 0.176. The van der Waals surface area contributed by atoms with Gasteiger partial charge in [0, 0.05) is 5.57 Å². The summed E-state index contributed by atoms with van der Waals surface area (Å²) in [6.07, 6.45) is 0.346. The molecule has 0 radical (unpaired) electrons. The summed E-state index contributed by atoms with van der Waals surface area (Å²) in [7, 11) is -3.80. The van der Waals surface area contributed by atoms with E-state index >= 15 is 0 Å². The van der Waals surface area contributed by atoms with E-state index in [1.54, 1.807) is 6.92 Å². The van der Waals surface area contributed by atoms with Crippen LogP contribution in [0.2, 0.25) is 0 Å². The van der Waals surface area contributed by atoms with Crippen molar-refractivity contribution in [1.82, 2.24) is 0 Å². The number of carboxylic acids is 1. The molecule has 14 heavy (non-hydrogen) atoms. The van der Waals surface area contributed by atoms with Crippen LogP contribution in [0, 0.1) is 5.75 Å². The van der Waals surface area contributed by atoms with Gasteiger partial charge in [0.05, 0.1) is 0 Å². The number of aliphatic carboxylic acids is 1. The standard InChI is InChI=1S/C4H6O2.C3H7O3S.K/c1-3(2)4(5)6;1-2-3-7(4,5)6;/h1H2,2H3,(H,5,6);3H,2H2,1H3,(H,4,5,6);/q;-1;+1.